The highest BCUT2D eigenvalue weighted by atomic mass is 19.1. The Balaban J connectivity index is 1.38. The summed E-state index contributed by atoms with van der Waals surface area (Å²) < 4.78 is 18.8. The molecule has 2 aliphatic carbocycles. The molecule has 1 aromatic carbocycles. The van der Waals surface area contributed by atoms with Crippen molar-refractivity contribution in [2.45, 2.75) is 52.1 Å². The Kier molecular flexibility index (Phi) is 5.11. The summed E-state index contributed by atoms with van der Waals surface area (Å²) in [4.78, 5) is 12.5. The Bertz CT molecular complexity index is 728. The van der Waals surface area contributed by atoms with E-state index in [0.717, 1.165) is 24.9 Å². The molecule has 1 saturated carbocycles. The van der Waals surface area contributed by atoms with Crippen molar-refractivity contribution in [2.24, 2.45) is 23.2 Å². The monoisotopic (exact) mass is 371 g/mol. The maximum Gasteiger partial charge on any atom is 0.311 e. The molecule has 0 aromatic heterocycles. The van der Waals surface area contributed by atoms with Crippen LogP contribution in [0, 0.1) is 29.0 Å². The van der Waals surface area contributed by atoms with Gasteiger partial charge in [-0.05, 0) is 61.3 Å². The van der Waals surface area contributed by atoms with Gasteiger partial charge in [-0.15, -0.1) is 0 Å². The Hall–Kier alpha value is -1.68. The first-order valence-electron chi connectivity index (χ1n) is 10.3. The zero-order chi connectivity index (χ0) is 19.0. The molecule has 1 aliphatic heterocycles. The average molecular weight is 371 g/mol. The number of rotatable bonds is 5. The summed E-state index contributed by atoms with van der Waals surface area (Å²) in [7, 11) is 0. The molecule has 1 N–H and O–H groups in total. The van der Waals surface area contributed by atoms with Gasteiger partial charge in [-0.1, -0.05) is 44.1 Å². The second kappa shape index (κ2) is 7.38. The summed E-state index contributed by atoms with van der Waals surface area (Å²) in [6.45, 7) is 6.11. The highest BCUT2D eigenvalue weighted by Gasteiger charge is 2.51. The van der Waals surface area contributed by atoms with Crippen LogP contribution >= 0.6 is 0 Å². The molecule has 0 spiro atoms. The zero-order valence-electron chi connectivity index (χ0n) is 16.3. The van der Waals surface area contributed by atoms with E-state index in [0.29, 0.717) is 12.5 Å². The smallest absolute Gasteiger partial charge is 0.311 e. The standard InChI is InChI=1S/C23H30FNO2/c1-15-4-3-10-23(2)13-21-18(12-20(15)23)19(22(26)27-21)14-25-11-9-16-5-7-17(24)8-6-16/h5-8,12,15,18-19,21,25H,3-4,9-11,13-14H2,1-2H3/t15-,18+,19+,21-,23+/m1/s1. The molecule has 3 nitrogen and oxygen atoms in total. The molecule has 3 aliphatic rings. The first kappa shape index (κ1) is 18.7. The maximum atomic E-state index is 13.0. The van der Waals surface area contributed by atoms with Gasteiger partial charge in [0.2, 0.25) is 0 Å². The van der Waals surface area contributed by atoms with Gasteiger partial charge >= 0.3 is 5.97 Å². The first-order chi connectivity index (χ1) is 13.0. The Morgan fingerprint density at radius 3 is 2.85 bits per heavy atom. The second-order valence-electron chi connectivity index (χ2n) is 8.92. The van der Waals surface area contributed by atoms with E-state index in [4.69, 9.17) is 4.74 Å². The van der Waals surface area contributed by atoms with Gasteiger partial charge in [-0.3, -0.25) is 4.79 Å². The number of carbonyl (C=O) groups is 1. The van der Waals surface area contributed by atoms with E-state index in [1.54, 1.807) is 5.57 Å². The van der Waals surface area contributed by atoms with Crippen molar-refractivity contribution in [1.82, 2.24) is 5.32 Å². The summed E-state index contributed by atoms with van der Waals surface area (Å²) >= 11 is 0. The zero-order valence-corrected chi connectivity index (χ0v) is 16.3. The minimum absolute atomic E-state index is 0.0421. The number of benzene rings is 1. The van der Waals surface area contributed by atoms with E-state index < -0.39 is 0 Å². The molecule has 0 unspecified atom stereocenters. The highest BCUT2D eigenvalue weighted by molar-refractivity contribution is 5.76. The van der Waals surface area contributed by atoms with Crippen LogP contribution < -0.4 is 5.32 Å². The van der Waals surface area contributed by atoms with E-state index in [9.17, 15) is 9.18 Å². The van der Waals surface area contributed by atoms with Crippen molar-refractivity contribution < 1.29 is 13.9 Å². The fraction of sp³-hybridized carbons (Fsp3) is 0.609. The third-order valence-electron chi connectivity index (χ3n) is 6.95. The van der Waals surface area contributed by atoms with E-state index >= 15 is 0 Å². The van der Waals surface area contributed by atoms with Gasteiger partial charge in [0.05, 0.1) is 5.92 Å². The van der Waals surface area contributed by atoms with Crippen LogP contribution in [-0.4, -0.2) is 25.2 Å². The predicted octanol–water partition coefficient (Wildman–Crippen LogP) is 4.27. The number of ether oxygens (including phenoxy) is 1. The predicted molar refractivity (Wildman–Crippen MR) is 104 cm³/mol. The van der Waals surface area contributed by atoms with Crippen molar-refractivity contribution in [3.05, 3.63) is 47.3 Å². The first-order valence-corrected chi connectivity index (χ1v) is 10.3. The van der Waals surface area contributed by atoms with Crippen LogP contribution in [0.25, 0.3) is 0 Å². The molecule has 4 heteroatoms. The minimum Gasteiger partial charge on any atom is -0.461 e. The third kappa shape index (κ3) is 3.69. The molecule has 0 bridgehead atoms. The van der Waals surface area contributed by atoms with Crippen molar-refractivity contribution in [3.63, 3.8) is 0 Å². The summed E-state index contributed by atoms with van der Waals surface area (Å²) in [6, 6.07) is 6.61. The summed E-state index contributed by atoms with van der Waals surface area (Å²) in [5.41, 5.74) is 2.87. The van der Waals surface area contributed by atoms with Crippen LogP contribution in [0.3, 0.4) is 0 Å². The molecule has 0 amide bonds. The van der Waals surface area contributed by atoms with Gasteiger partial charge < -0.3 is 10.1 Å². The third-order valence-corrected chi connectivity index (χ3v) is 6.95. The van der Waals surface area contributed by atoms with Crippen LogP contribution in [0.1, 0.15) is 45.1 Å². The van der Waals surface area contributed by atoms with Crippen molar-refractivity contribution in [3.8, 4) is 0 Å². The summed E-state index contributed by atoms with van der Waals surface area (Å²) in [6.07, 6.45) is 7.99. The molecule has 5 atom stereocenters. The van der Waals surface area contributed by atoms with Gasteiger partial charge in [0.15, 0.2) is 0 Å². The lowest BCUT2D eigenvalue weighted by Crippen LogP contribution is -2.40. The number of hydrogen-bond acceptors (Lipinski definition) is 3. The van der Waals surface area contributed by atoms with E-state index in [1.165, 1.54) is 31.4 Å². The molecular formula is C23H30FNO2. The van der Waals surface area contributed by atoms with Gasteiger partial charge in [0.1, 0.15) is 11.9 Å². The summed E-state index contributed by atoms with van der Waals surface area (Å²) in [5.74, 6) is 0.480. The van der Waals surface area contributed by atoms with E-state index in [2.05, 4.69) is 25.2 Å². The molecule has 1 heterocycles. The lowest BCUT2D eigenvalue weighted by molar-refractivity contribution is -0.145. The lowest BCUT2D eigenvalue weighted by Gasteiger charge is -2.46. The normalized spacial score (nSPS) is 35.2. The van der Waals surface area contributed by atoms with Crippen LogP contribution in [0.5, 0.6) is 0 Å². The largest absolute Gasteiger partial charge is 0.461 e. The Morgan fingerprint density at radius 1 is 1.30 bits per heavy atom. The number of carbonyl (C=O) groups excluding carboxylic acids is 1. The number of esters is 1. The second-order valence-corrected chi connectivity index (χ2v) is 8.92. The molecule has 4 rings (SSSR count). The van der Waals surface area contributed by atoms with Crippen LogP contribution in [0.15, 0.2) is 35.9 Å². The molecule has 146 valence electrons. The van der Waals surface area contributed by atoms with Gasteiger partial charge in [-0.25, -0.2) is 4.39 Å². The molecule has 1 saturated heterocycles. The van der Waals surface area contributed by atoms with E-state index in [-0.39, 0.29) is 35.1 Å². The number of halogens is 1. The topological polar surface area (TPSA) is 38.3 Å². The summed E-state index contributed by atoms with van der Waals surface area (Å²) in [5, 5.41) is 3.42. The Morgan fingerprint density at radius 2 is 2.07 bits per heavy atom. The van der Waals surface area contributed by atoms with Crippen molar-refractivity contribution in [2.75, 3.05) is 13.1 Å². The van der Waals surface area contributed by atoms with E-state index in [1.807, 2.05) is 12.1 Å². The number of fused-ring (bicyclic) bond motifs is 2. The molecule has 0 radical (unpaired) electrons. The van der Waals surface area contributed by atoms with Crippen LogP contribution in [0.2, 0.25) is 0 Å². The maximum absolute atomic E-state index is 13.0. The number of allylic oxidation sites excluding steroid dienone is 1. The molecule has 1 aromatic rings. The number of hydrogen-bond donors (Lipinski definition) is 1. The molecule has 27 heavy (non-hydrogen) atoms. The number of nitrogens with one attached hydrogen (secondary N) is 1. The average Bonchev–Trinajstić information content (AvgIpc) is 2.92. The fourth-order valence-electron chi connectivity index (χ4n) is 5.42. The fourth-order valence-corrected chi connectivity index (χ4v) is 5.42. The lowest BCUT2D eigenvalue weighted by atomic mass is 9.59. The van der Waals surface area contributed by atoms with Crippen LogP contribution in [0.4, 0.5) is 4.39 Å². The van der Waals surface area contributed by atoms with Crippen LogP contribution in [-0.2, 0) is 16.0 Å². The Labute approximate surface area is 161 Å². The SMILES string of the molecule is C[C@@H]1CCC[C@@]2(C)C[C@H]3OC(=O)[C@@H](CNCCc4ccc(F)cc4)[C@@H]3C=C12. The van der Waals surface area contributed by atoms with Gasteiger partial charge in [0, 0.05) is 12.5 Å². The van der Waals surface area contributed by atoms with Gasteiger partial charge in [0.25, 0.3) is 0 Å². The molecule has 2 fully saturated rings. The highest BCUT2D eigenvalue weighted by Crippen LogP contribution is 2.53. The minimum atomic E-state index is -0.208. The van der Waals surface area contributed by atoms with Gasteiger partial charge in [-0.2, -0.15) is 0 Å². The van der Waals surface area contributed by atoms with Crippen molar-refractivity contribution in [1.29, 1.82) is 0 Å². The quantitative estimate of drug-likeness (QED) is 0.477. The van der Waals surface area contributed by atoms with Crippen molar-refractivity contribution >= 4 is 5.97 Å². The molecular weight excluding hydrogens is 341 g/mol.